The summed E-state index contributed by atoms with van der Waals surface area (Å²) in [6.07, 6.45) is 7.85. The Morgan fingerprint density at radius 2 is 1.24 bits per heavy atom. The molecule has 0 saturated heterocycles. The first-order valence-corrected chi connectivity index (χ1v) is 15.3. The maximum Gasteiger partial charge on any atom is 0.230 e. The summed E-state index contributed by atoms with van der Waals surface area (Å²) >= 11 is 2.91. The lowest BCUT2D eigenvalue weighted by Crippen LogP contribution is -2.14. The number of aryl methyl sites for hydroxylation is 2. The van der Waals surface area contributed by atoms with Gasteiger partial charge in [-0.2, -0.15) is 0 Å². The molecule has 9 nitrogen and oxygen atoms in total. The van der Waals surface area contributed by atoms with Gasteiger partial charge < -0.3 is 5.32 Å². The van der Waals surface area contributed by atoms with Crippen molar-refractivity contribution >= 4 is 61.3 Å². The number of fused-ring (bicyclic) bond motifs is 2. The Hall–Kier alpha value is -4.48. The zero-order chi connectivity index (χ0) is 28.7. The van der Waals surface area contributed by atoms with Crippen molar-refractivity contribution < 1.29 is 9.59 Å². The minimum atomic E-state index is -0.124. The number of carbonyl (C=O) groups excluding carboxylic acids is 2. The van der Waals surface area contributed by atoms with Crippen LogP contribution in [0.2, 0.25) is 0 Å². The molecule has 4 aromatic heterocycles. The highest BCUT2D eigenvalue weighted by molar-refractivity contribution is 7.15. The van der Waals surface area contributed by atoms with Crippen LogP contribution in [-0.4, -0.2) is 42.1 Å². The molecule has 0 spiro atoms. The van der Waals surface area contributed by atoms with Crippen molar-refractivity contribution in [3.63, 3.8) is 0 Å². The molecule has 0 unspecified atom stereocenters. The molecule has 210 valence electrons. The van der Waals surface area contributed by atoms with E-state index in [-0.39, 0.29) is 18.1 Å². The van der Waals surface area contributed by atoms with Crippen molar-refractivity contribution in [3.8, 4) is 0 Å². The van der Waals surface area contributed by atoms with E-state index >= 15 is 0 Å². The lowest BCUT2D eigenvalue weighted by molar-refractivity contribution is -0.118. The number of unbranched alkanes of at least 4 members (excludes halogenated alkanes) is 1. The minimum Gasteiger partial charge on any atom is -0.300 e. The summed E-state index contributed by atoms with van der Waals surface area (Å²) in [5.41, 5.74) is 3.73. The molecule has 6 aromatic rings. The smallest absolute Gasteiger partial charge is 0.230 e. The summed E-state index contributed by atoms with van der Waals surface area (Å²) < 4.78 is 0. The highest BCUT2D eigenvalue weighted by atomic mass is 32.1. The van der Waals surface area contributed by atoms with Crippen LogP contribution in [0, 0.1) is 0 Å². The highest BCUT2D eigenvalue weighted by Gasteiger charge is 2.12. The van der Waals surface area contributed by atoms with E-state index in [1.807, 2.05) is 60.7 Å². The molecule has 1 amide bonds. The molecule has 0 aliphatic carbocycles. The Bertz CT molecular complexity index is 1730. The fourth-order valence-electron chi connectivity index (χ4n) is 4.70. The zero-order valence-corrected chi connectivity index (χ0v) is 24.3. The van der Waals surface area contributed by atoms with Crippen LogP contribution in [-0.2, 0) is 41.7 Å². The normalized spacial score (nSPS) is 11.2. The number of hydrogen-bond donors (Lipinski definition) is 1. The van der Waals surface area contributed by atoms with E-state index in [0.29, 0.717) is 18.0 Å². The molecule has 4 heterocycles. The van der Waals surface area contributed by atoms with E-state index in [1.54, 1.807) is 12.4 Å². The van der Waals surface area contributed by atoms with Gasteiger partial charge in [-0.15, -0.1) is 31.7 Å². The number of carbonyl (C=O) groups is 2. The van der Waals surface area contributed by atoms with Crippen LogP contribution in [0.5, 0.6) is 0 Å². The third-order valence-corrected chi connectivity index (χ3v) is 8.58. The van der Waals surface area contributed by atoms with E-state index in [4.69, 9.17) is 0 Å². The first kappa shape index (κ1) is 27.7. The molecular weight excluding hydrogens is 567 g/mol. The second kappa shape index (κ2) is 13.0. The molecule has 0 aliphatic rings. The minimum absolute atomic E-state index is 0.120. The lowest BCUT2D eigenvalue weighted by atomic mass is 10.0. The van der Waals surface area contributed by atoms with Crippen LogP contribution in [0.3, 0.4) is 0 Å². The van der Waals surface area contributed by atoms with Gasteiger partial charge in [-0.25, -0.2) is 0 Å². The summed E-state index contributed by atoms with van der Waals surface area (Å²) in [6, 6.07) is 19.5. The maximum atomic E-state index is 12.6. The van der Waals surface area contributed by atoms with Gasteiger partial charge in [-0.3, -0.25) is 19.6 Å². The van der Waals surface area contributed by atoms with E-state index in [0.717, 1.165) is 73.6 Å². The fourth-order valence-corrected chi connectivity index (χ4v) is 6.41. The van der Waals surface area contributed by atoms with E-state index in [2.05, 4.69) is 35.7 Å². The SMILES string of the molecule is O=C(Cc1ccc2ncccc2c1)Cc1nnc(CCCCc2nnc(NC(=O)Cc3ccc4ncccc4c3)s2)s1. The number of pyridine rings is 2. The van der Waals surface area contributed by atoms with Crippen LogP contribution in [0.25, 0.3) is 21.8 Å². The van der Waals surface area contributed by atoms with Gasteiger partial charge in [0.15, 0.2) is 0 Å². The Balaban J connectivity index is 0.915. The van der Waals surface area contributed by atoms with Crippen LogP contribution in [0.1, 0.15) is 39.0 Å². The summed E-state index contributed by atoms with van der Waals surface area (Å²) in [5, 5.41) is 24.9. The predicted molar refractivity (Wildman–Crippen MR) is 165 cm³/mol. The van der Waals surface area contributed by atoms with Crippen molar-refractivity contribution in [2.24, 2.45) is 0 Å². The van der Waals surface area contributed by atoms with Crippen molar-refractivity contribution in [1.29, 1.82) is 0 Å². The first-order valence-electron chi connectivity index (χ1n) is 13.7. The number of ketones is 1. The first-order chi connectivity index (χ1) is 20.6. The van der Waals surface area contributed by atoms with Crippen molar-refractivity contribution in [1.82, 2.24) is 30.4 Å². The number of benzene rings is 2. The van der Waals surface area contributed by atoms with Gasteiger partial charge in [-0.1, -0.05) is 35.6 Å². The Kier molecular flexibility index (Phi) is 8.57. The molecule has 42 heavy (non-hydrogen) atoms. The van der Waals surface area contributed by atoms with Gasteiger partial charge in [-0.05, 0) is 60.4 Å². The van der Waals surface area contributed by atoms with Gasteiger partial charge in [0.05, 0.1) is 23.9 Å². The predicted octanol–water partition coefficient (Wildman–Crippen LogP) is 5.59. The Morgan fingerprint density at radius 3 is 1.93 bits per heavy atom. The number of anilines is 1. The largest absolute Gasteiger partial charge is 0.300 e. The number of rotatable bonds is 12. The number of Topliss-reactive ketones (excluding diaryl/α,β-unsaturated/α-hetero) is 1. The van der Waals surface area contributed by atoms with Gasteiger partial charge in [0.25, 0.3) is 0 Å². The lowest BCUT2D eigenvalue weighted by Gasteiger charge is -2.03. The molecule has 2 aromatic carbocycles. The zero-order valence-electron chi connectivity index (χ0n) is 22.7. The van der Waals surface area contributed by atoms with E-state index in [9.17, 15) is 9.59 Å². The van der Waals surface area contributed by atoms with Crippen molar-refractivity contribution in [3.05, 3.63) is 99.2 Å². The Morgan fingerprint density at radius 1 is 0.643 bits per heavy atom. The molecule has 0 fully saturated rings. The van der Waals surface area contributed by atoms with Crippen LogP contribution < -0.4 is 5.32 Å². The quantitative estimate of drug-likeness (QED) is 0.182. The monoisotopic (exact) mass is 593 g/mol. The summed E-state index contributed by atoms with van der Waals surface area (Å²) in [7, 11) is 0. The van der Waals surface area contributed by atoms with E-state index in [1.165, 1.54) is 22.7 Å². The highest BCUT2D eigenvalue weighted by Crippen LogP contribution is 2.21. The molecule has 1 N–H and O–H groups in total. The van der Waals surface area contributed by atoms with Gasteiger partial charge >= 0.3 is 0 Å². The maximum absolute atomic E-state index is 12.6. The van der Waals surface area contributed by atoms with E-state index < -0.39 is 0 Å². The molecule has 6 rings (SSSR count). The van der Waals surface area contributed by atoms with Crippen molar-refractivity contribution in [2.75, 3.05) is 5.32 Å². The third kappa shape index (κ3) is 7.23. The van der Waals surface area contributed by atoms with Crippen molar-refractivity contribution in [2.45, 2.75) is 44.9 Å². The second-order valence-corrected chi connectivity index (χ2v) is 12.2. The average Bonchev–Trinajstić information content (AvgIpc) is 3.64. The summed E-state index contributed by atoms with van der Waals surface area (Å²) in [4.78, 5) is 33.8. The molecule has 0 radical (unpaired) electrons. The number of nitrogens with zero attached hydrogens (tertiary/aromatic N) is 6. The van der Waals surface area contributed by atoms with Crippen LogP contribution in [0.4, 0.5) is 5.13 Å². The number of nitrogens with one attached hydrogen (secondary N) is 1. The Labute approximate surface area is 250 Å². The number of amides is 1. The standard InChI is InChI=1S/C31H27N7O2S2/c39-24(17-20-9-11-25-22(15-20)5-3-13-32-25)19-30-37-35-28(41-30)7-1-2-8-29-36-38-31(42-29)34-27(40)18-21-10-12-26-23(16-21)6-4-14-33-26/h3-6,9-16H,1-2,7-8,17-19H2,(H,34,38,40). The topological polar surface area (TPSA) is 124 Å². The molecule has 0 bridgehead atoms. The molecule has 0 saturated carbocycles. The second-order valence-electron chi connectivity index (χ2n) is 9.98. The number of hydrogen-bond acceptors (Lipinski definition) is 10. The average molecular weight is 594 g/mol. The van der Waals surface area contributed by atoms with Gasteiger partial charge in [0.2, 0.25) is 11.0 Å². The molecule has 0 atom stereocenters. The summed E-state index contributed by atoms with van der Waals surface area (Å²) in [5.74, 6) is -0.00396. The van der Waals surface area contributed by atoms with Crippen LogP contribution >= 0.6 is 22.7 Å². The summed E-state index contributed by atoms with van der Waals surface area (Å²) in [6.45, 7) is 0. The molecular formula is C31H27N7O2S2. The van der Waals surface area contributed by atoms with Crippen LogP contribution in [0.15, 0.2) is 73.1 Å². The number of aromatic nitrogens is 6. The third-order valence-electron chi connectivity index (χ3n) is 6.70. The molecule has 0 aliphatic heterocycles. The fraction of sp³-hybridized carbons (Fsp3) is 0.226. The molecule has 11 heteroatoms. The van der Waals surface area contributed by atoms with Gasteiger partial charge in [0.1, 0.15) is 20.8 Å². The van der Waals surface area contributed by atoms with Gasteiger partial charge in [0, 0.05) is 42.4 Å².